The predicted molar refractivity (Wildman–Crippen MR) is 152 cm³/mol. The lowest BCUT2D eigenvalue weighted by molar-refractivity contribution is -0.269. The van der Waals surface area contributed by atoms with E-state index in [0.29, 0.717) is 5.92 Å². The summed E-state index contributed by atoms with van der Waals surface area (Å²) < 4.78 is 29.7. The van der Waals surface area contributed by atoms with Crippen LogP contribution in [0.4, 0.5) is 0 Å². The van der Waals surface area contributed by atoms with E-state index in [1.165, 1.54) is 12.5 Å². The highest BCUT2D eigenvalue weighted by Crippen LogP contribution is 2.64. The molecule has 2 saturated heterocycles. The SMILES string of the molecule is C=C[C@@]1(C)C=C2CC[C@@H]3C(C)(C)[C@H](O[C@@H]4O[C@@H](CO)[C@H](O)[C@H]4O)CC[C@@]3(C)[C@@H]2C[C@@H]1O[C@@H]1OC[C@@H](OC(C)=O)C[C@H]1O. The minimum absolute atomic E-state index is 0.0354. The van der Waals surface area contributed by atoms with E-state index in [1.807, 2.05) is 6.08 Å². The summed E-state index contributed by atoms with van der Waals surface area (Å²) in [6.45, 7) is 14.2. The molecule has 5 aliphatic rings. The van der Waals surface area contributed by atoms with Crippen LogP contribution >= 0.6 is 0 Å². The van der Waals surface area contributed by atoms with Crippen molar-refractivity contribution in [2.75, 3.05) is 13.2 Å². The third-order valence-corrected chi connectivity index (χ3v) is 11.2. The standard InChI is InChI=1S/C32H50O10/c1-7-31(5)14-18-8-9-23-30(3,4)24(41-29-27(37)26(36)22(15-33)40-29)10-11-32(23,6)20(18)13-25(31)42-28-21(35)12-19(16-38-28)39-17(2)34/h7,14,19-29,33,35-37H,1,8-13,15-16H2,2-6H3/t19-,20+,21+,22-,23+,24+,25-,26-,27+,28-,29-,31-,32-/m0/s1. The van der Waals surface area contributed by atoms with Gasteiger partial charge in [-0.15, -0.1) is 6.58 Å². The van der Waals surface area contributed by atoms with Gasteiger partial charge in [-0.25, -0.2) is 0 Å². The molecule has 2 aliphatic heterocycles. The van der Waals surface area contributed by atoms with Crippen LogP contribution in [0.1, 0.15) is 73.1 Å². The van der Waals surface area contributed by atoms with Crippen molar-refractivity contribution in [3.05, 3.63) is 24.3 Å². The molecule has 0 aromatic heterocycles. The van der Waals surface area contributed by atoms with Gasteiger partial charge in [0.05, 0.1) is 25.4 Å². The van der Waals surface area contributed by atoms with Crippen molar-refractivity contribution in [2.24, 2.45) is 28.1 Å². The van der Waals surface area contributed by atoms with Gasteiger partial charge in [-0.2, -0.15) is 0 Å². The van der Waals surface area contributed by atoms with Gasteiger partial charge in [-0.1, -0.05) is 45.4 Å². The van der Waals surface area contributed by atoms with Gasteiger partial charge in [-0.3, -0.25) is 4.79 Å². The maximum atomic E-state index is 11.4. The van der Waals surface area contributed by atoms with Crippen molar-refractivity contribution in [3.63, 3.8) is 0 Å². The van der Waals surface area contributed by atoms with Gasteiger partial charge >= 0.3 is 5.97 Å². The first kappa shape index (κ1) is 32.0. The molecule has 0 bridgehead atoms. The summed E-state index contributed by atoms with van der Waals surface area (Å²) in [5.74, 6) is 0.178. The smallest absolute Gasteiger partial charge is 0.302 e. The summed E-state index contributed by atoms with van der Waals surface area (Å²) in [4.78, 5) is 11.4. The largest absolute Gasteiger partial charge is 0.460 e. The van der Waals surface area contributed by atoms with E-state index in [-0.39, 0.29) is 48.6 Å². The molecule has 0 aromatic carbocycles. The van der Waals surface area contributed by atoms with Crippen LogP contribution in [-0.4, -0.2) is 94.9 Å². The third-order valence-electron chi connectivity index (χ3n) is 11.2. The van der Waals surface area contributed by atoms with Gasteiger partial charge < -0.3 is 44.1 Å². The number of ether oxygens (including phenoxy) is 5. The monoisotopic (exact) mass is 594 g/mol. The summed E-state index contributed by atoms with van der Waals surface area (Å²) in [6, 6.07) is 0. The average Bonchev–Trinajstić information content (AvgIpc) is 3.20. The lowest BCUT2D eigenvalue weighted by Gasteiger charge is -2.62. The molecule has 2 heterocycles. The zero-order valence-electron chi connectivity index (χ0n) is 25.6. The quantitative estimate of drug-likeness (QED) is 0.256. The summed E-state index contributed by atoms with van der Waals surface area (Å²) in [7, 11) is 0. The zero-order chi connectivity index (χ0) is 30.6. The van der Waals surface area contributed by atoms with Crippen LogP contribution in [0.25, 0.3) is 0 Å². The lowest BCUT2D eigenvalue weighted by atomic mass is 9.44. The highest BCUT2D eigenvalue weighted by Gasteiger charge is 2.60. The molecule has 4 fully saturated rings. The second kappa shape index (κ2) is 11.9. The molecular formula is C32H50O10. The number of carbonyl (C=O) groups is 1. The fraction of sp³-hybridized carbons (Fsp3) is 0.844. The van der Waals surface area contributed by atoms with Crippen LogP contribution in [0.2, 0.25) is 0 Å². The van der Waals surface area contributed by atoms with Gasteiger partial charge in [0, 0.05) is 18.8 Å². The zero-order valence-corrected chi connectivity index (χ0v) is 25.6. The van der Waals surface area contributed by atoms with Crippen molar-refractivity contribution in [3.8, 4) is 0 Å². The second-order valence-corrected chi connectivity index (χ2v) is 14.2. The van der Waals surface area contributed by atoms with E-state index >= 15 is 0 Å². The molecule has 3 aliphatic carbocycles. The number of aliphatic hydroxyl groups is 4. The van der Waals surface area contributed by atoms with Gasteiger partial charge in [0.25, 0.3) is 0 Å². The molecule has 5 rings (SSSR count). The summed E-state index contributed by atoms with van der Waals surface area (Å²) in [5, 5.41) is 41.1. The van der Waals surface area contributed by atoms with Crippen molar-refractivity contribution in [2.45, 2.75) is 128 Å². The van der Waals surface area contributed by atoms with E-state index in [0.717, 1.165) is 32.1 Å². The molecule has 10 heteroatoms. The van der Waals surface area contributed by atoms with Crippen molar-refractivity contribution in [1.29, 1.82) is 0 Å². The van der Waals surface area contributed by atoms with E-state index in [2.05, 4.69) is 40.3 Å². The number of allylic oxidation sites excluding steroid dienone is 1. The van der Waals surface area contributed by atoms with Crippen LogP contribution in [0.5, 0.6) is 0 Å². The first-order valence-electron chi connectivity index (χ1n) is 15.5. The van der Waals surface area contributed by atoms with Gasteiger partial charge in [-0.05, 0) is 54.8 Å². The Bertz CT molecular complexity index is 1040. The molecule has 0 unspecified atom stereocenters. The molecule has 0 spiro atoms. The fourth-order valence-corrected chi connectivity index (χ4v) is 8.79. The molecular weight excluding hydrogens is 544 g/mol. The number of fused-ring (bicyclic) bond motifs is 3. The Morgan fingerprint density at radius 2 is 1.79 bits per heavy atom. The van der Waals surface area contributed by atoms with E-state index in [1.54, 1.807) is 0 Å². The van der Waals surface area contributed by atoms with E-state index < -0.39 is 54.5 Å². The lowest BCUT2D eigenvalue weighted by Crippen LogP contribution is -2.58. The number of rotatable bonds is 7. The Morgan fingerprint density at radius 1 is 1.07 bits per heavy atom. The Kier molecular flexibility index (Phi) is 9.04. The third kappa shape index (κ3) is 5.62. The highest BCUT2D eigenvalue weighted by molar-refractivity contribution is 5.66. The maximum absolute atomic E-state index is 11.4. The minimum Gasteiger partial charge on any atom is -0.460 e. The van der Waals surface area contributed by atoms with Crippen LogP contribution in [0.15, 0.2) is 24.3 Å². The van der Waals surface area contributed by atoms with Gasteiger partial charge in [0.15, 0.2) is 12.6 Å². The van der Waals surface area contributed by atoms with Crippen LogP contribution in [-0.2, 0) is 28.5 Å². The highest BCUT2D eigenvalue weighted by atomic mass is 16.7. The van der Waals surface area contributed by atoms with Crippen LogP contribution < -0.4 is 0 Å². The molecule has 2 saturated carbocycles. The maximum Gasteiger partial charge on any atom is 0.302 e. The number of esters is 1. The minimum atomic E-state index is -1.21. The Morgan fingerprint density at radius 3 is 2.40 bits per heavy atom. The molecule has 13 atom stereocenters. The van der Waals surface area contributed by atoms with E-state index in [4.69, 9.17) is 23.7 Å². The van der Waals surface area contributed by atoms with Crippen LogP contribution in [0, 0.1) is 28.1 Å². The predicted octanol–water partition coefficient (Wildman–Crippen LogP) is 2.61. The molecule has 42 heavy (non-hydrogen) atoms. The first-order chi connectivity index (χ1) is 19.7. The topological polar surface area (TPSA) is 144 Å². The summed E-state index contributed by atoms with van der Waals surface area (Å²) >= 11 is 0. The average molecular weight is 595 g/mol. The summed E-state index contributed by atoms with van der Waals surface area (Å²) in [6.07, 6.45) is 2.01. The molecule has 4 N–H and O–H groups in total. The molecule has 0 amide bonds. The molecule has 0 aromatic rings. The van der Waals surface area contributed by atoms with Crippen molar-refractivity contribution >= 4 is 5.97 Å². The molecule has 0 radical (unpaired) electrons. The fourth-order valence-electron chi connectivity index (χ4n) is 8.79. The van der Waals surface area contributed by atoms with Gasteiger partial charge in [0.1, 0.15) is 30.5 Å². The van der Waals surface area contributed by atoms with Crippen LogP contribution in [0.3, 0.4) is 0 Å². The Hall–Kier alpha value is -1.37. The Balaban J connectivity index is 1.32. The molecule has 238 valence electrons. The number of carbonyl (C=O) groups excluding carboxylic acids is 1. The Labute approximate surface area is 249 Å². The number of hydrogen-bond acceptors (Lipinski definition) is 10. The molecule has 10 nitrogen and oxygen atoms in total. The van der Waals surface area contributed by atoms with Crippen molar-refractivity contribution in [1.82, 2.24) is 0 Å². The summed E-state index contributed by atoms with van der Waals surface area (Å²) in [5.41, 5.74) is 0.718. The number of aliphatic hydroxyl groups excluding tert-OH is 4. The second-order valence-electron chi connectivity index (χ2n) is 14.2. The van der Waals surface area contributed by atoms with E-state index in [9.17, 15) is 25.2 Å². The van der Waals surface area contributed by atoms with Crippen molar-refractivity contribution < 1.29 is 48.9 Å². The number of hydrogen-bond donors (Lipinski definition) is 4. The normalized spacial score (nSPS) is 48.5. The first-order valence-corrected chi connectivity index (χ1v) is 15.5. The van der Waals surface area contributed by atoms with Gasteiger partial charge in [0.2, 0.25) is 0 Å².